The molecule has 1 saturated heterocycles. The fourth-order valence-corrected chi connectivity index (χ4v) is 3.01. The van der Waals surface area contributed by atoms with Gasteiger partial charge in [-0.05, 0) is 43.7 Å². The zero-order chi connectivity index (χ0) is 15.2. The van der Waals surface area contributed by atoms with E-state index in [0.717, 1.165) is 38.1 Å². The van der Waals surface area contributed by atoms with Crippen LogP contribution in [0, 0.1) is 12.8 Å². The van der Waals surface area contributed by atoms with E-state index in [0.29, 0.717) is 17.2 Å². The molecule has 0 N–H and O–H groups in total. The molecule has 0 aliphatic carbocycles. The van der Waals surface area contributed by atoms with Gasteiger partial charge in [0.2, 0.25) is 0 Å². The summed E-state index contributed by atoms with van der Waals surface area (Å²) in [7, 11) is 3.34. The first-order valence-corrected chi connectivity index (χ1v) is 7.59. The summed E-state index contributed by atoms with van der Waals surface area (Å²) in [6.07, 6.45) is 3.26. The summed E-state index contributed by atoms with van der Waals surface area (Å²) in [6.45, 7) is 4.38. The van der Waals surface area contributed by atoms with E-state index < -0.39 is 0 Å². The van der Waals surface area contributed by atoms with Gasteiger partial charge < -0.3 is 14.4 Å². The van der Waals surface area contributed by atoms with Crippen LogP contribution in [0.15, 0.2) is 18.2 Å². The molecule has 0 aromatic heterocycles. The van der Waals surface area contributed by atoms with Gasteiger partial charge in [-0.3, -0.25) is 4.79 Å². The van der Waals surface area contributed by atoms with Gasteiger partial charge in [-0.25, -0.2) is 0 Å². The van der Waals surface area contributed by atoms with Crippen LogP contribution in [-0.4, -0.2) is 44.7 Å². The average Bonchev–Trinajstić information content (AvgIpc) is 2.52. The molecule has 1 fully saturated rings. The minimum atomic E-state index is 0.0899. The molecular weight excluding hydrogens is 266 g/mol. The third-order valence-electron chi connectivity index (χ3n) is 4.20. The Labute approximate surface area is 127 Å². The number of benzene rings is 1. The molecule has 116 valence electrons. The first-order valence-electron chi connectivity index (χ1n) is 7.59. The van der Waals surface area contributed by atoms with Gasteiger partial charge in [0.1, 0.15) is 5.75 Å². The van der Waals surface area contributed by atoms with Gasteiger partial charge in [0.25, 0.3) is 5.91 Å². The highest BCUT2D eigenvalue weighted by atomic mass is 16.5. The molecule has 0 unspecified atom stereocenters. The van der Waals surface area contributed by atoms with Crippen molar-refractivity contribution in [2.24, 2.45) is 5.92 Å². The summed E-state index contributed by atoms with van der Waals surface area (Å²) in [5.41, 5.74) is 1.67. The zero-order valence-corrected chi connectivity index (χ0v) is 13.2. The molecule has 1 aromatic rings. The van der Waals surface area contributed by atoms with E-state index >= 15 is 0 Å². The normalized spacial score (nSPS) is 18.6. The molecule has 0 spiro atoms. The quantitative estimate of drug-likeness (QED) is 0.837. The number of methoxy groups -OCH3 is 2. The molecule has 0 bridgehead atoms. The van der Waals surface area contributed by atoms with E-state index in [4.69, 9.17) is 9.47 Å². The highest BCUT2D eigenvalue weighted by Crippen LogP contribution is 2.27. The fraction of sp³-hybridized carbons (Fsp3) is 0.588. The van der Waals surface area contributed by atoms with E-state index in [1.54, 1.807) is 14.2 Å². The van der Waals surface area contributed by atoms with Crippen molar-refractivity contribution in [3.05, 3.63) is 29.3 Å². The average molecular weight is 291 g/mol. The van der Waals surface area contributed by atoms with E-state index in [1.807, 2.05) is 30.0 Å². The number of likely N-dealkylation sites (tertiary alicyclic amines) is 1. The van der Waals surface area contributed by atoms with Crippen LogP contribution < -0.4 is 4.74 Å². The number of rotatable bonds is 5. The summed E-state index contributed by atoms with van der Waals surface area (Å²) >= 11 is 0. The predicted octanol–water partition coefficient (Wildman–Crippen LogP) is 2.89. The van der Waals surface area contributed by atoms with Crippen molar-refractivity contribution in [2.45, 2.75) is 26.2 Å². The Kier molecular flexibility index (Phi) is 5.62. The number of amides is 1. The van der Waals surface area contributed by atoms with Gasteiger partial charge in [0.05, 0.1) is 12.7 Å². The molecule has 1 atom stereocenters. The maximum absolute atomic E-state index is 12.8. The SMILES string of the molecule is COCC[C@@H]1CCCN(C(=O)c2c(C)cccc2OC)C1. The van der Waals surface area contributed by atoms with E-state index in [-0.39, 0.29) is 5.91 Å². The van der Waals surface area contributed by atoms with Crippen molar-refractivity contribution < 1.29 is 14.3 Å². The number of hydrogen-bond donors (Lipinski definition) is 0. The van der Waals surface area contributed by atoms with Gasteiger partial charge in [0.15, 0.2) is 0 Å². The monoisotopic (exact) mass is 291 g/mol. The van der Waals surface area contributed by atoms with Crippen LogP contribution in [-0.2, 0) is 4.74 Å². The molecule has 0 radical (unpaired) electrons. The van der Waals surface area contributed by atoms with E-state index in [9.17, 15) is 4.79 Å². The molecule has 4 nitrogen and oxygen atoms in total. The Morgan fingerprint density at radius 3 is 2.90 bits per heavy atom. The molecule has 1 aliphatic rings. The number of piperidine rings is 1. The summed E-state index contributed by atoms with van der Waals surface area (Å²) in [5, 5.41) is 0. The maximum Gasteiger partial charge on any atom is 0.257 e. The second-order valence-corrected chi connectivity index (χ2v) is 5.69. The number of carbonyl (C=O) groups excluding carboxylic acids is 1. The number of aryl methyl sites for hydroxylation is 1. The lowest BCUT2D eigenvalue weighted by molar-refractivity contribution is 0.0638. The lowest BCUT2D eigenvalue weighted by atomic mass is 9.94. The summed E-state index contributed by atoms with van der Waals surface area (Å²) in [4.78, 5) is 14.8. The second-order valence-electron chi connectivity index (χ2n) is 5.69. The highest BCUT2D eigenvalue weighted by molar-refractivity contribution is 5.98. The minimum absolute atomic E-state index is 0.0899. The van der Waals surface area contributed by atoms with Crippen LogP contribution >= 0.6 is 0 Å². The molecular formula is C17H25NO3. The Hall–Kier alpha value is -1.55. The van der Waals surface area contributed by atoms with E-state index in [1.165, 1.54) is 6.42 Å². The standard InChI is InChI=1S/C17H25NO3/c1-13-6-4-8-15(21-3)16(13)17(19)18-10-5-7-14(12-18)9-11-20-2/h4,6,8,14H,5,7,9-12H2,1-3H3/t14-/m0/s1. The topological polar surface area (TPSA) is 38.8 Å². The number of nitrogens with zero attached hydrogens (tertiary/aromatic N) is 1. The molecule has 4 heteroatoms. The molecule has 1 aliphatic heterocycles. The van der Waals surface area contributed by atoms with Crippen LogP contribution in [0.3, 0.4) is 0 Å². The van der Waals surface area contributed by atoms with Crippen LogP contribution in [0.5, 0.6) is 5.75 Å². The van der Waals surface area contributed by atoms with Crippen LogP contribution in [0.2, 0.25) is 0 Å². The van der Waals surface area contributed by atoms with Gasteiger partial charge in [-0.1, -0.05) is 12.1 Å². The Bertz CT molecular complexity index is 487. The first-order chi connectivity index (χ1) is 10.2. The Morgan fingerprint density at radius 1 is 1.38 bits per heavy atom. The first kappa shape index (κ1) is 15.8. The summed E-state index contributed by atoms with van der Waals surface area (Å²) in [6, 6.07) is 5.73. The lowest BCUT2D eigenvalue weighted by Crippen LogP contribution is -2.40. The lowest BCUT2D eigenvalue weighted by Gasteiger charge is -2.33. The van der Waals surface area contributed by atoms with Crippen molar-refractivity contribution in [3.63, 3.8) is 0 Å². The van der Waals surface area contributed by atoms with Crippen molar-refractivity contribution in [3.8, 4) is 5.75 Å². The van der Waals surface area contributed by atoms with Crippen molar-refractivity contribution in [1.82, 2.24) is 4.90 Å². The zero-order valence-electron chi connectivity index (χ0n) is 13.2. The Balaban J connectivity index is 2.12. The molecule has 1 aromatic carbocycles. The third kappa shape index (κ3) is 3.76. The van der Waals surface area contributed by atoms with Crippen molar-refractivity contribution in [2.75, 3.05) is 33.9 Å². The van der Waals surface area contributed by atoms with Crippen LogP contribution in [0.1, 0.15) is 35.2 Å². The molecule has 0 saturated carbocycles. The second kappa shape index (κ2) is 7.46. The summed E-state index contributed by atoms with van der Waals surface area (Å²) < 4.78 is 10.5. The highest BCUT2D eigenvalue weighted by Gasteiger charge is 2.26. The smallest absolute Gasteiger partial charge is 0.257 e. The molecule has 2 rings (SSSR count). The van der Waals surface area contributed by atoms with Crippen molar-refractivity contribution in [1.29, 1.82) is 0 Å². The van der Waals surface area contributed by atoms with Gasteiger partial charge in [-0.2, -0.15) is 0 Å². The molecule has 1 amide bonds. The Morgan fingerprint density at radius 2 is 2.19 bits per heavy atom. The largest absolute Gasteiger partial charge is 0.496 e. The maximum atomic E-state index is 12.8. The minimum Gasteiger partial charge on any atom is -0.496 e. The van der Waals surface area contributed by atoms with Crippen molar-refractivity contribution >= 4 is 5.91 Å². The number of ether oxygens (including phenoxy) is 2. The third-order valence-corrected chi connectivity index (χ3v) is 4.20. The predicted molar refractivity (Wildman–Crippen MR) is 82.9 cm³/mol. The van der Waals surface area contributed by atoms with E-state index in [2.05, 4.69) is 0 Å². The fourth-order valence-electron chi connectivity index (χ4n) is 3.01. The van der Waals surface area contributed by atoms with Gasteiger partial charge >= 0.3 is 0 Å². The van der Waals surface area contributed by atoms with Gasteiger partial charge in [-0.15, -0.1) is 0 Å². The van der Waals surface area contributed by atoms with Crippen LogP contribution in [0.4, 0.5) is 0 Å². The van der Waals surface area contributed by atoms with Crippen LogP contribution in [0.25, 0.3) is 0 Å². The summed E-state index contributed by atoms with van der Waals surface area (Å²) in [5.74, 6) is 1.30. The molecule has 1 heterocycles. The molecule has 21 heavy (non-hydrogen) atoms. The number of carbonyl (C=O) groups is 1. The van der Waals surface area contributed by atoms with Gasteiger partial charge in [0, 0.05) is 26.8 Å². The number of hydrogen-bond acceptors (Lipinski definition) is 3.